The second kappa shape index (κ2) is 7.20. The molecule has 1 atom stereocenters. The molecule has 0 aliphatic carbocycles. The van der Waals surface area contributed by atoms with Crippen LogP contribution in [-0.4, -0.2) is 48.1 Å². The molecule has 1 aliphatic rings. The van der Waals surface area contributed by atoms with E-state index in [1.54, 1.807) is 0 Å². The molecule has 1 aliphatic heterocycles. The van der Waals surface area contributed by atoms with Crippen molar-refractivity contribution in [3.63, 3.8) is 0 Å². The Morgan fingerprint density at radius 3 is 2.80 bits per heavy atom. The summed E-state index contributed by atoms with van der Waals surface area (Å²) in [7, 11) is 3.87. The fourth-order valence-corrected chi connectivity index (χ4v) is 2.95. The average Bonchev–Trinajstić information content (AvgIpc) is 2.89. The van der Waals surface area contributed by atoms with E-state index < -0.39 is 0 Å². The molecule has 1 aromatic heterocycles. The Bertz CT molecular complexity index is 400. The van der Waals surface area contributed by atoms with Crippen molar-refractivity contribution < 1.29 is 9.47 Å². The van der Waals surface area contributed by atoms with Gasteiger partial charge in [-0.2, -0.15) is 0 Å². The number of nitrogens with zero attached hydrogens (tertiary/aromatic N) is 2. The van der Waals surface area contributed by atoms with Crippen LogP contribution < -0.4 is 5.32 Å². The number of hydrogen-bond acceptors (Lipinski definition) is 4. The van der Waals surface area contributed by atoms with Crippen molar-refractivity contribution in [2.75, 3.05) is 26.9 Å². The van der Waals surface area contributed by atoms with Crippen LogP contribution in [0.25, 0.3) is 0 Å². The van der Waals surface area contributed by atoms with E-state index in [1.165, 1.54) is 0 Å². The highest BCUT2D eigenvalue weighted by atomic mass is 16.5. The lowest BCUT2D eigenvalue weighted by Gasteiger charge is -2.42. The molecule has 1 fully saturated rings. The van der Waals surface area contributed by atoms with E-state index in [2.05, 4.69) is 21.8 Å². The van der Waals surface area contributed by atoms with Crippen molar-refractivity contribution in [3.05, 3.63) is 18.2 Å². The maximum atomic E-state index is 5.95. The molecule has 20 heavy (non-hydrogen) atoms. The van der Waals surface area contributed by atoms with Gasteiger partial charge in [-0.1, -0.05) is 6.92 Å². The molecule has 1 saturated heterocycles. The number of rotatable bonds is 7. The molecule has 1 aromatic rings. The number of hydrogen-bond donors (Lipinski definition) is 1. The van der Waals surface area contributed by atoms with E-state index in [-0.39, 0.29) is 11.6 Å². The summed E-state index contributed by atoms with van der Waals surface area (Å²) >= 11 is 0. The quantitative estimate of drug-likeness (QED) is 0.823. The largest absolute Gasteiger partial charge is 0.381 e. The first-order valence-corrected chi connectivity index (χ1v) is 7.54. The van der Waals surface area contributed by atoms with E-state index in [0.29, 0.717) is 0 Å². The number of imidazole rings is 1. The topological polar surface area (TPSA) is 48.3 Å². The molecule has 5 heteroatoms. The summed E-state index contributed by atoms with van der Waals surface area (Å²) in [6, 6.07) is 0.275. The molecule has 0 saturated carbocycles. The summed E-state index contributed by atoms with van der Waals surface area (Å²) in [6.45, 7) is 4.74. The van der Waals surface area contributed by atoms with Gasteiger partial charge in [0.1, 0.15) is 5.82 Å². The molecule has 0 bridgehead atoms. The smallest absolute Gasteiger partial charge is 0.110 e. The van der Waals surface area contributed by atoms with Crippen molar-refractivity contribution in [2.24, 2.45) is 7.05 Å². The first-order chi connectivity index (χ1) is 9.72. The van der Waals surface area contributed by atoms with Crippen molar-refractivity contribution in [1.82, 2.24) is 14.9 Å². The molecule has 2 rings (SSSR count). The van der Waals surface area contributed by atoms with Crippen LogP contribution >= 0.6 is 0 Å². The molecule has 0 spiro atoms. The van der Waals surface area contributed by atoms with Gasteiger partial charge in [-0.25, -0.2) is 4.98 Å². The lowest BCUT2D eigenvalue weighted by atomic mass is 9.83. The van der Waals surface area contributed by atoms with Gasteiger partial charge in [0.15, 0.2) is 0 Å². The molecule has 0 aromatic carbocycles. The Kier molecular flexibility index (Phi) is 5.57. The van der Waals surface area contributed by atoms with Crippen molar-refractivity contribution >= 4 is 0 Å². The molecular weight excluding hydrogens is 254 g/mol. The van der Waals surface area contributed by atoms with Crippen LogP contribution in [-0.2, 0) is 22.9 Å². The van der Waals surface area contributed by atoms with Crippen LogP contribution in [0.4, 0.5) is 0 Å². The predicted octanol–water partition coefficient (Wildman–Crippen LogP) is 1.53. The highest BCUT2D eigenvalue weighted by Gasteiger charge is 2.40. The van der Waals surface area contributed by atoms with Crippen LogP contribution in [0.2, 0.25) is 0 Å². The first kappa shape index (κ1) is 15.5. The van der Waals surface area contributed by atoms with Crippen molar-refractivity contribution in [2.45, 2.75) is 44.2 Å². The zero-order valence-electron chi connectivity index (χ0n) is 12.9. The van der Waals surface area contributed by atoms with Crippen molar-refractivity contribution in [1.29, 1.82) is 0 Å². The second-order valence-electron chi connectivity index (χ2n) is 5.55. The Morgan fingerprint density at radius 1 is 1.50 bits per heavy atom. The van der Waals surface area contributed by atoms with E-state index in [4.69, 9.17) is 9.47 Å². The number of nitrogens with one attached hydrogen (secondary N) is 1. The minimum absolute atomic E-state index is 0.140. The molecule has 1 unspecified atom stereocenters. The van der Waals surface area contributed by atoms with Crippen LogP contribution in [0, 0.1) is 0 Å². The van der Waals surface area contributed by atoms with E-state index in [1.807, 2.05) is 26.6 Å². The van der Waals surface area contributed by atoms with Crippen LogP contribution in [0.15, 0.2) is 12.4 Å². The normalized spacial score (nSPS) is 19.9. The number of ether oxygens (including phenoxy) is 2. The monoisotopic (exact) mass is 281 g/mol. The molecule has 0 radical (unpaired) electrons. The van der Waals surface area contributed by atoms with E-state index >= 15 is 0 Å². The average molecular weight is 281 g/mol. The van der Waals surface area contributed by atoms with Crippen LogP contribution in [0.3, 0.4) is 0 Å². The summed E-state index contributed by atoms with van der Waals surface area (Å²) in [6.07, 6.45) is 7.74. The van der Waals surface area contributed by atoms with Gasteiger partial charge in [-0.15, -0.1) is 0 Å². The first-order valence-electron chi connectivity index (χ1n) is 7.54. The Labute approximate surface area is 121 Å². The standard InChI is InChI=1S/C15H27N3O2/c1-4-7-16-13(12-14-17-8-9-18(14)2)15(19-3)5-10-20-11-6-15/h8-9,13,16H,4-7,10-12H2,1-3H3. The number of aryl methyl sites for hydroxylation is 1. The number of aromatic nitrogens is 2. The van der Waals surface area contributed by atoms with E-state index in [0.717, 1.165) is 51.3 Å². The molecule has 0 amide bonds. The lowest BCUT2D eigenvalue weighted by Crippen LogP contribution is -2.56. The molecule has 114 valence electrons. The SMILES string of the molecule is CCCNC(Cc1nccn1C)C1(OC)CCOCC1. The predicted molar refractivity (Wildman–Crippen MR) is 78.8 cm³/mol. The van der Waals surface area contributed by atoms with Gasteiger partial charge in [0.2, 0.25) is 0 Å². The summed E-state index contributed by atoms with van der Waals surface area (Å²) in [5, 5.41) is 3.66. The molecule has 1 N–H and O–H groups in total. The fraction of sp³-hybridized carbons (Fsp3) is 0.800. The highest BCUT2D eigenvalue weighted by molar-refractivity contribution is 5.03. The van der Waals surface area contributed by atoms with Gasteiger partial charge in [-0.05, 0) is 13.0 Å². The van der Waals surface area contributed by atoms with Gasteiger partial charge in [0.05, 0.1) is 5.60 Å². The molecule has 2 heterocycles. The van der Waals surface area contributed by atoms with Gasteiger partial charge >= 0.3 is 0 Å². The highest BCUT2D eigenvalue weighted by Crippen LogP contribution is 2.30. The summed E-state index contributed by atoms with van der Waals surface area (Å²) in [4.78, 5) is 4.46. The molecular formula is C15H27N3O2. The maximum Gasteiger partial charge on any atom is 0.110 e. The molecule has 5 nitrogen and oxygen atoms in total. The second-order valence-corrected chi connectivity index (χ2v) is 5.55. The van der Waals surface area contributed by atoms with Crippen molar-refractivity contribution in [3.8, 4) is 0 Å². The summed E-state index contributed by atoms with van der Waals surface area (Å²) in [5.41, 5.74) is -0.140. The van der Waals surface area contributed by atoms with E-state index in [9.17, 15) is 0 Å². The third kappa shape index (κ3) is 3.40. The minimum Gasteiger partial charge on any atom is -0.381 e. The Balaban J connectivity index is 2.14. The summed E-state index contributed by atoms with van der Waals surface area (Å²) < 4.78 is 13.5. The zero-order valence-corrected chi connectivity index (χ0v) is 12.9. The Morgan fingerprint density at radius 2 is 2.25 bits per heavy atom. The lowest BCUT2D eigenvalue weighted by molar-refractivity contribution is -0.110. The van der Waals surface area contributed by atoms with Gasteiger partial charge in [0.25, 0.3) is 0 Å². The van der Waals surface area contributed by atoms with Gasteiger partial charge < -0.3 is 19.4 Å². The van der Waals surface area contributed by atoms with Crippen LogP contribution in [0.5, 0.6) is 0 Å². The van der Waals surface area contributed by atoms with Crippen LogP contribution in [0.1, 0.15) is 32.0 Å². The minimum atomic E-state index is -0.140. The summed E-state index contributed by atoms with van der Waals surface area (Å²) in [5.74, 6) is 1.10. The third-order valence-electron chi connectivity index (χ3n) is 4.33. The van der Waals surface area contributed by atoms with Gasteiger partial charge in [-0.3, -0.25) is 0 Å². The number of methoxy groups -OCH3 is 1. The van der Waals surface area contributed by atoms with Gasteiger partial charge in [0, 0.05) is 65.1 Å². The fourth-order valence-electron chi connectivity index (χ4n) is 2.95. The third-order valence-corrected chi connectivity index (χ3v) is 4.33. The maximum absolute atomic E-state index is 5.95. The zero-order chi connectivity index (χ0) is 14.4. The Hall–Kier alpha value is -0.910.